The Labute approximate surface area is 116 Å². The summed E-state index contributed by atoms with van der Waals surface area (Å²) in [7, 11) is 2.13. The lowest BCUT2D eigenvalue weighted by Crippen LogP contribution is -2.34. The number of nitrogens with zero attached hydrogens (tertiary/aromatic N) is 1. The number of hydrogen-bond acceptors (Lipinski definition) is 2. The van der Waals surface area contributed by atoms with E-state index in [9.17, 15) is 4.79 Å². The van der Waals surface area contributed by atoms with Crippen molar-refractivity contribution in [3.05, 3.63) is 29.8 Å². The summed E-state index contributed by atoms with van der Waals surface area (Å²) in [4.78, 5) is 14.3. The van der Waals surface area contributed by atoms with E-state index < -0.39 is 0 Å². The third-order valence-corrected chi connectivity index (χ3v) is 3.84. The monoisotopic (exact) mass is 260 g/mol. The maximum absolute atomic E-state index is 12.0. The van der Waals surface area contributed by atoms with Gasteiger partial charge in [0.15, 0.2) is 0 Å². The second kappa shape index (κ2) is 6.71. The molecule has 1 saturated heterocycles. The standard InChI is InChI=1S/C16H24N2O/c1-3-13-6-8-15(9-7-13)17-16(19)11-14-5-4-10-18(2)12-14/h6-9,14H,3-5,10-12H2,1-2H3,(H,17,19). The van der Waals surface area contributed by atoms with Gasteiger partial charge in [-0.3, -0.25) is 4.79 Å². The molecule has 1 aliphatic heterocycles. The number of benzene rings is 1. The van der Waals surface area contributed by atoms with Crippen LogP contribution in [0.25, 0.3) is 0 Å². The Morgan fingerprint density at radius 3 is 2.74 bits per heavy atom. The predicted molar refractivity (Wildman–Crippen MR) is 79.3 cm³/mol. The molecule has 3 heteroatoms. The van der Waals surface area contributed by atoms with Gasteiger partial charge >= 0.3 is 0 Å². The summed E-state index contributed by atoms with van der Waals surface area (Å²) in [5, 5.41) is 3.00. The molecule has 1 amide bonds. The smallest absolute Gasteiger partial charge is 0.224 e. The molecule has 1 N–H and O–H groups in total. The van der Waals surface area contributed by atoms with Crippen LogP contribution in [0, 0.1) is 5.92 Å². The van der Waals surface area contributed by atoms with Gasteiger partial charge in [-0.05, 0) is 56.5 Å². The van der Waals surface area contributed by atoms with Gasteiger partial charge in [-0.1, -0.05) is 19.1 Å². The number of nitrogens with one attached hydrogen (secondary N) is 1. The number of anilines is 1. The molecule has 0 aliphatic carbocycles. The van der Waals surface area contributed by atoms with Gasteiger partial charge in [0.1, 0.15) is 0 Å². The van der Waals surface area contributed by atoms with E-state index in [1.807, 2.05) is 12.1 Å². The summed E-state index contributed by atoms with van der Waals surface area (Å²) in [5.41, 5.74) is 2.21. The van der Waals surface area contributed by atoms with Crippen molar-refractivity contribution in [3.63, 3.8) is 0 Å². The first-order chi connectivity index (χ1) is 9.17. The van der Waals surface area contributed by atoms with Crippen LogP contribution in [0.1, 0.15) is 31.7 Å². The topological polar surface area (TPSA) is 32.3 Å². The summed E-state index contributed by atoms with van der Waals surface area (Å²) in [6.45, 7) is 4.34. The molecule has 0 spiro atoms. The van der Waals surface area contributed by atoms with Crippen LogP contribution in [0.15, 0.2) is 24.3 Å². The van der Waals surface area contributed by atoms with Crippen LogP contribution in [0.5, 0.6) is 0 Å². The minimum Gasteiger partial charge on any atom is -0.326 e. The first kappa shape index (κ1) is 14.1. The summed E-state index contributed by atoms with van der Waals surface area (Å²) in [6.07, 6.45) is 4.05. The molecular weight excluding hydrogens is 236 g/mol. The average molecular weight is 260 g/mol. The van der Waals surface area contributed by atoms with Gasteiger partial charge in [0, 0.05) is 18.7 Å². The Morgan fingerprint density at radius 2 is 2.11 bits per heavy atom. The number of hydrogen-bond donors (Lipinski definition) is 1. The van der Waals surface area contributed by atoms with Crippen molar-refractivity contribution in [1.29, 1.82) is 0 Å². The molecule has 1 atom stereocenters. The SMILES string of the molecule is CCc1ccc(NC(=O)CC2CCCN(C)C2)cc1. The lowest BCUT2D eigenvalue weighted by Gasteiger charge is -2.29. The van der Waals surface area contributed by atoms with Crippen LogP contribution in [0.3, 0.4) is 0 Å². The molecule has 19 heavy (non-hydrogen) atoms. The van der Waals surface area contributed by atoms with Crippen molar-refractivity contribution < 1.29 is 4.79 Å². The number of carbonyl (C=O) groups is 1. The minimum atomic E-state index is 0.143. The Hall–Kier alpha value is -1.35. The third-order valence-electron chi connectivity index (χ3n) is 3.84. The number of carbonyl (C=O) groups excluding carboxylic acids is 1. The molecule has 1 aromatic carbocycles. The summed E-state index contributed by atoms with van der Waals surface area (Å²) in [5.74, 6) is 0.651. The van der Waals surface area contributed by atoms with Crippen LogP contribution in [0.4, 0.5) is 5.69 Å². The molecule has 2 rings (SSSR count). The number of likely N-dealkylation sites (tertiary alicyclic amines) is 1. The van der Waals surface area contributed by atoms with Gasteiger partial charge < -0.3 is 10.2 Å². The van der Waals surface area contributed by atoms with Crippen molar-refractivity contribution >= 4 is 11.6 Å². The van der Waals surface area contributed by atoms with E-state index in [1.165, 1.54) is 18.4 Å². The quantitative estimate of drug-likeness (QED) is 0.902. The molecule has 1 fully saturated rings. The van der Waals surface area contributed by atoms with Gasteiger partial charge in [0.2, 0.25) is 5.91 Å². The Kier molecular flexibility index (Phi) is 4.97. The van der Waals surface area contributed by atoms with Gasteiger partial charge in [0.25, 0.3) is 0 Å². The Morgan fingerprint density at radius 1 is 1.37 bits per heavy atom. The lowest BCUT2D eigenvalue weighted by molar-refractivity contribution is -0.117. The Bertz CT molecular complexity index is 413. The van der Waals surface area contributed by atoms with Crippen molar-refractivity contribution in [3.8, 4) is 0 Å². The normalized spacial score (nSPS) is 20.2. The van der Waals surface area contributed by atoms with E-state index in [0.717, 1.165) is 25.2 Å². The van der Waals surface area contributed by atoms with Gasteiger partial charge in [-0.25, -0.2) is 0 Å². The highest BCUT2D eigenvalue weighted by molar-refractivity contribution is 5.90. The zero-order valence-electron chi connectivity index (χ0n) is 12.0. The fraction of sp³-hybridized carbons (Fsp3) is 0.562. The molecule has 0 radical (unpaired) electrons. The second-order valence-corrected chi connectivity index (χ2v) is 5.57. The van der Waals surface area contributed by atoms with E-state index in [-0.39, 0.29) is 5.91 Å². The van der Waals surface area contributed by atoms with Crippen LogP contribution in [-0.2, 0) is 11.2 Å². The second-order valence-electron chi connectivity index (χ2n) is 5.57. The van der Waals surface area contributed by atoms with E-state index >= 15 is 0 Å². The first-order valence-corrected chi connectivity index (χ1v) is 7.24. The highest BCUT2D eigenvalue weighted by atomic mass is 16.1. The maximum Gasteiger partial charge on any atom is 0.224 e. The van der Waals surface area contributed by atoms with Crippen LogP contribution < -0.4 is 5.32 Å². The van der Waals surface area contributed by atoms with Crippen molar-refractivity contribution in [1.82, 2.24) is 4.90 Å². The van der Waals surface area contributed by atoms with E-state index in [4.69, 9.17) is 0 Å². The minimum absolute atomic E-state index is 0.143. The largest absolute Gasteiger partial charge is 0.326 e. The molecule has 1 aromatic rings. The molecule has 1 unspecified atom stereocenters. The molecular formula is C16H24N2O. The molecule has 0 saturated carbocycles. The van der Waals surface area contributed by atoms with Crippen molar-refractivity contribution in [2.45, 2.75) is 32.6 Å². The predicted octanol–water partition coefficient (Wildman–Crippen LogP) is 2.92. The van der Waals surface area contributed by atoms with Crippen LogP contribution >= 0.6 is 0 Å². The lowest BCUT2D eigenvalue weighted by atomic mass is 9.95. The number of piperidine rings is 1. The summed E-state index contributed by atoms with van der Waals surface area (Å²) < 4.78 is 0. The highest BCUT2D eigenvalue weighted by Gasteiger charge is 2.19. The molecule has 104 valence electrons. The Balaban J connectivity index is 1.83. The van der Waals surface area contributed by atoms with E-state index in [1.54, 1.807) is 0 Å². The number of amides is 1. The number of aryl methyl sites for hydroxylation is 1. The zero-order valence-corrected chi connectivity index (χ0v) is 12.0. The molecule has 0 aromatic heterocycles. The van der Waals surface area contributed by atoms with E-state index in [2.05, 4.69) is 36.3 Å². The van der Waals surface area contributed by atoms with Crippen molar-refractivity contribution in [2.75, 3.05) is 25.5 Å². The molecule has 3 nitrogen and oxygen atoms in total. The maximum atomic E-state index is 12.0. The van der Waals surface area contributed by atoms with Gasteiger partial charge in [-0.2, -0.15) is 0 Å². The van der Waals surface area contributed by atoms with Gasteiger partial charge in [0.05, 0.1) is 0 Å². The molecule has 1 aliphatic rings. The van der Waals surface area contributed by atoms with Crippen LogP contribution in [-0.4, -0.2) is 30.9 Å². The number of rotatable bonds is 4. The van der Waals surface area contributed by atoms with E-state index in [0.29, 0.717) is 12.3 Å². The fourth-order valence-corrected chi connectivity index (χ4v) is 2.74. The average Bonchev–Trinajstić information content (AvgIpc) is 2.39. The zero-order chi connectivity index (χ0) is 13.7. The first-order valence-electron chi connectivity index (χ1n) is 7.24. The van der Waals surface area contributed by atoms with Crippen LogP contribution in [0.2, 0.25) is 0 Å². The van der Waals surface area contributed by atoms with Gasteiger partial charge in [-0.15, -0.1) is 0 Å². The highest BCUT2D eigenvalue weighted by Crippen LogP contribution is 2.19. The summed E-state index contributed by atoms with van der Waals surface area (Å²) >= 11 is 0. The summed E-state index contributed by atoms with van der Waals surface area (Å²) in [6, 6.07) is 8.13. The fourth-order valence-electron chi connectivity index (χ4n) is 2.74. The molecule has 1 heterocycles. The molecule has 0 bridgehead atoms. The van der Waals surface area contributed by atoms with Crippen molar-refractivity contribution in [2.24, 2.45) is 5.92 Å². The third kappa shape index (κ3) is 4.35.